The number of ether oxygens (including phenoxy) is 2. The predicted octanol–water partition coefficient (Wildman–Crippen LogP) is 0.407. The van der Waals surface area contributed by atoms with Crippen LogP contribution in [0.2, 0.25) is 0 Å². The molecule has 2 saturated carbocycles. The minimum Gasteiger partial charge on any atom is -0.461 e. The topological polar surface area (TPSA) is 240 Å². The highest BCUT2D eigenvalue weighted by Crippen LogP contribution is 2.53. The SMILES string of the molecule is CN(NS(C)(=O)=O)c1nc(N)nc2c1NCN2C1OC(COP(=O)(NC2(C(=O)OC3CCC3)CC2)Oc2ccccc2)[C@@H](O)[C@@]1(C)O. The average Bonchev–Trinajstić information content (AvgIpc) is 3.57. The number of hydrogen-bond donors (Lipinski definition) is 6. The summed E-state index contributed by atoms with van der Waals surface area (Å²) in [6.07, 6.45) is 0.0716. The molecule has 7 N–H and O–H groups in total. The Hall–Kier alpha value is -3.29. The van der Waals surface area contributed by atoms with Crippen molar-refractivity contribution in [2.45, 2.75) is 74.7 Å². The lowest BCUT2D eigenvalue weighted by Crippen LogP contribution is -2.53. The van der Waals surface area contributed by atoms with Crippen molar-refractivity contribution >= 4 is 47.0 Å². The molecule has 18 nitrogen and oxygen atoms in total. The highest BCUT2D eigenvalue weighted by molar-refractivity contribution is 7.88. The van der Waals surface area contributed by atoms with E-state index in [0.29, 0.717) is 18.5 Å². The summed E-state index contributed by atoms with van der Waals surface area (Å²) >= 11 is 0. The molecule has 2 aromatic rings. The molecule has 6 rings (SSSR count). The lowest BCUT2D eigenvalue weighted by molar-refractivity contribution is -0.156. The van der Waals surface area contributed by atoms with Gasteiger partial charge in [-0.1, -0.05) is 18.2 Å². The number of hydrazine groups is 1. The van der Waals surface area contributed by atoms with Crippen molar-refractivity contribution in [2.75, 3.05) is 47.5 Å². The highest BCUT2D eigenvalue weighted by atomic mass is 32.2. The number of fused-ring (bicyclic) bond motifs is 1. The maximum absolute atomic E-state index is 14.2. The smallest absolute Gasteiger partial charge is 0.459 e. The quantitative estimate of drug-likeness (QED) is 0.0943. The van der Waals surface area contributed by atoms with E-state index >= 15 is 0 Å². The van der Waals surface area contributed by atoms with E-state index in [0.717, 1.165) is 30.5 Å². The molecule has 4 aliphatic rings. The van der Waals surface area contributed by atoms with Crippen LogP contribution in [0.5, 0.6) is 5.75 Å². The Morgan fingerprint density at radius 1 is 1.28 bits per heavy atom. The van der Waals surface area contributed by atoms with Crippen molar-refractivity contribution in [2.24, 2.45) is 0 Å². The van der Waals surface area contributed by atoms with E-state index in [2.05, 4.69) is 25.2 Å². The number of hydrogen-bond acceptors (Lipinski definition) is 16. The third-order valence-electron chi connectivity index (χ3n) is 8.44. The number of benzene rings is 1. The van der Waals surface area contributed by atoms with Gasteiger partial charge in [0.2, 0.25) is 16.0 Å². The van der Waals surface area contributed by atoms with Gasteiger partial charge in [0.1, 0.15) is 40.9 Å². The molecule has 20 heteroatoms. The Morgan fingerprint density at radius 3 is 2.60 bits per heavy atom. The molecule has 0 spiro atoms. The van der Waals surface area contributed by atoms with Crippen LogP contribution in [-0.2, 0) is 33.4 Å². The second-order valence-electron chi connectivity index (χ2n) is 12.4. The summed E-state index contributed by atoms with van der Waals surface area (Å²) in [4.78, 5) is 25.2. The van der Waals surface area contributed by atoms with E-state index in [4.69, 9.17) is 24.3 Å². The summed E-state index contributed by atoms with van der Waals surface area (Å²) in [7, 11) is -6.53. The average molecular weight is 699 g/mol. The zero-order valence-corrected chi connectivity index (χ0v) is 27.7. The summed E-state index contributed by atoms with van der Waals surface area (Å²) in [5.74, 6) is -0.224. The van der Waals surface area contributed by atoms with Gasteiger partial charge >= 0.3 is 13.7 Å². The van der Waals surface area contributed by atoms with Crippen LogP contribution in [-0.4, -0.2) is 96.8 Å². The number of aromatic nitrogens is 2. The molecule has 2 aliphatic carbocycles. The molecule has 0 amide bonds. The number of para-hydroxylation sites is 1. The number of rotatable bonds is 13. The molecule has 1 aromatic carbocycles. The molecule has 3 unspecified atom stereocenters. The molecular formula is C27H39N8O10PS. The van der Waals surface area contributed by atoms with Gasteiger partial charge in [0.15, 0.2) is 17.9 Å². The summed E-state index contributed by atoms with van der Waals surface area (Å²) in [6.45, 7) is 0.860. The van der Waals surface area contributed by atoms with Gasteiger partial charge in [0.25, 0.3) is 0 Å². The van der Waals surface area contributed by atoms with Crippen LogP contribution < -0.4 is 35.4 Å². The number of aliphatic hydroxyl groups excluding tert-OH is 1. The van der Waals surface area contributed by atoms with E-state index < -0.39 is 59.9 Å². The second-order valence-corrected chi connectivity index (χ2v) is 15.8. The predicted molar refractivity (Wildman–Crippen MR) is 169 cm³/mol. The first kappa shape index (κ1) is 33.6. The van der Waals surface area contributed by atoms with Gasteiger partial charge in [0.05, 0.1) is 19.5 Å². The number of carbonyl (C=O) groups is 1. The number of nitrogens with one attached hydrogen (secondary N) is 3. The number of aliphatic hydroxyl groups is 2. The number of anilines is 4. The minimum atomic E-state index is -4.30. The van der Waals surface area contributed by atoms with Gasteiger partial charge < -0.3 is 40.2 Å². The molecule has 3 fully saturated rings. The van der Waals surface area contributed by atoms with Crippen molar-refractivity contribution in [3.63, 3.8) is 0 Å². The van der Waals surface area contributed by atoms with Crippen LogP contribution in [0.3, 0.4) is 0 Å². The Morgan fingerprint density at radius 2 is 1.98 bits per heavy atom. The van der Waals surface area contributed by atoms with Crippen LogP contribution in [0.1, 0.15) is 39.0 Å². The summed E-state index contributed by atoms with van der Waals surface area (Å²) in [5, 5.41) is 29.7. The number of carbonyl (C=O) groups excluding carboxylic acids is 1. The standard InChI is InChI=1S/C27H39N8O10PS/c1-26(38)20(36)18(44-23(26)35-15-29-19-21(30-25(28)31-22(19)35)34(2)33-47(3,40)41)14-42-46(39,45-17-8-5-4-6-9-17)32-27(12-13-27)24(37)43-16-10-7-11-16/h4-6,8-9,16,18,20,23,29,33,36,38H,7,10-15H2,1-3H3,(H,32,39)(H2,28,30,31)/t18?,20-,23?,26-,46?/m1/s1. The van der Waals surface area contributed by atoms with E-state index in [1.807, 2.05) is 0 Å². The zero-order valence-electron chi connectivity index (χ0n) is 26.0. The van der Waals surface area contributed by atoms with Crippen LogP contribution in [0, 0.1) is 0 Å². The maximum atomic E-state index is 14.2. The minimum absolute atomic E-state index is 0.0110. The fourth-order valence-electron chi connectivity index (χ4n) is 5.58. The molecule has 5 atom stereocenters. The summed E-state index contributed by atoms with van der Waals surface area (Å²) in [6, 6.07) is 8.27. The number of esters is 1. The van der Waals surface area contributed by atoms with E-state index in [9.17, 15) is 28.0 Å². The fraction of sp³-hybridized carbons (Fsp3) is 0.593. The van der Waals surface area contributed by atoms with Crippen LogP contribution in [0.25, 0.3) is 0 Å². The highest BCUT2D eigenvalue weighted by Gasteiger charge is 2.59. The first-order chi connectivity index (χ1) is 22.1. The van der Waals surface area contributed by atoms with Crippen molar-refractivity contribution in [3.8, 4) is 5.75 Å². The third-order valence-corrected chi connectivity index (χ3v) is 10.7. The molecule has 3 heterocycles. The molecule has 1 aromatic heterocycles. The normalized spacial score (nSPS) is 27.7. The fourth-order valence-corrected chi connectivity index (χ4v) is 7.91. The van der Waals surface area contributed by atoms with Gasteiger partial charge in [-0.3, -0.25) is 14.3 Å². The molecule has 2 aliphatic heterocycles. The first-order valence-electron chi connectivity index (χ1n) is 15.0. The van der Waals surface area contributed by atoms with E-state index in [-0.39, 0.29) is 36.1 Å². The number of nitrogen functional groups attached to an aromatic ring is 1. The Labute approximate surface area is 271 Å². The molecule has 47 heavy (non-hydrogen) atoms. The number of nitrogens with two attached hydrogens (primary N) is 1. The van der Waals surface area contributed by atoms with Crippen LogP contribution >= 0.6 is 7.75 Å². The Balaban J connectivity index is 1.20. The van der Waals surface area contributed by atoms with E-state index in [1.54, 1.807) is 30.3 Å². The largest absolute Gasteiger partial charge is 0.461 e. The van der Waals surface area contributed by atoms with Gasteiger partial charge in [-0.15, -0.1) is 4.83 Å². The number of sulfonamides is 1. The lowest BCUT2D eigenvalue weighted by atomic mass is 9.96. The Bertz CT molecular complexity index is 1660. The molecule has 258 valence electrons. The Kier molecular flexibility index (Phi) is 8.80. The van der Waals surface area contributed by atoms with E-state index in [1.165, 1.54) is 18.9 Å². The van der Waals surface area contributed by atoms with Crippen molar-refractivity contribution in [1.29, 1.82) is 0 Å². The molecule has 1 saturated heterocycles. The molecule has 0 radical (unpaired) electrons. The van der Waals surface area contributed by atoms with Gasteiger partial charge in [-0.25, -0.2) is 13.0 Å². The maximum Gasteiger partial charge on any atom is 0.459 e. The van der Waals surface area contributed by atoms with Gasteiger partial charge in [0, 0.05) is 7.05 Å². The van der Waals surface area contributed by atoms with Crippen molar-refractivity contribution in [1.82, 2.24) is 19.9 Å². The number of nitrogens with zero attached hydrogens (tertiary/aromatic N) is 4. The van der Waals surface area contributed by atoms with Crippen LogP contribution in [0.4, 0.5) is 23.3 Å². The third kappa shape index (κ3) is 6.98. The summed E-state index contributed by atoms with van der Waals surface area (Å²) in [5.41, 5.74) is 3.08. The monoisotopic (exact) mass is 698 g/mol. The van der Waals surface area contributed by atoms with Gasteiger partial charge in [-0.05, 0) is 51.2 Å². The zero-order chi connectivity index (χ0) is 33.8. The summed E-state index contributed by atoms with van der Waals surface area (Å²) < 4.78 is 61.2. The lowest BCUT2D eigenvalue weighted by Gasteiger charge is -2.33. The van der Waals surface area contributed by atoms with Gasteiger partial charge in [-0.2, -0.15) is 15.1 Å². The second kappa shape index (κ2) is 12.3. The molecular weight excluding hydrogens is 659 g/mol. The van der Waals surface area contributed by atoms with Crippen molar-refractivity contribution in [3.05, 3.63) is 30.3 Å². The first-order valence-corrected chi connectivity index (χ1v) is 18.5. The molecule has 0 bridgehead atoms. The van der Waals surface area contributed by atoms with Crippen LogP contribution in [0.15, 0.2) is 30.3 Å². The van der Waals surface area contributed by atoms with Crippen molar-refractivity contribution < 1.29 is 46.5 Å².